The van der Waals surface area contributed by atoms with E-state index in [2.05, 4.69) is 20.2 Å². The Balaban J connectivity index is 2.18. The fraction of sp³-hybridized carbons (Fsp3) is 0.250. The first-order valence-corrected chi connectivity index (χ1v) is 8.42. The summed E-state index contributed by atoms with van der Waals surface area (Å²) >= 11 is 0.773. The van der Waals surface area contributed by atoms with Gasteiger partial charge in [-0.3, -0.25) is 9.52 Å². The Hall–Kier alpha value is -2.04. The monoisotopic (exact) mass is 342 g/mol. The highest BCUT2D eigenvalue weighted by Crippen LogP contribution is 2.23. The molecule has 1 aromatic carbocycles. The number of nitrogens with zero attached hydrogens (tertiary/aromatic N) is 2. The zero-order chi connectivity index (χ0) is 16.2. The lowest BCUT2D eigenvalue weighted by atomic mass is 10.2. The van der Waals surface area contributed by atoms with Crippen LogP contribution in [0.1, 0.15) is 12.5 Å². The number of rotatable bonds is 6. The van der Waals surface area contributed by atoms with Gasteiger partial charge in [-0.2, -0.15) is 8.42 Å². The van der Waals surface area contributed by atoms with Crippen molar-refractivity contribution in [2.75, 3.05) is 17.1 Å². The number of methoxy groups -OCH3 is 1. The van der Waals surface area contributed by atoms with Gasteiger partial charge in [0.2, 0.25) is 11.0 Å². The lowest BCUT2D eigenvalue weighted by Gasteiger charge is -2.07. The zero-order valence-electron chi connectivity index (χ0n) is 11.9. The van der Waals surface area contributed by atoms with Crippen molar-refractivity contribution in [1.82, 2.24) is 10.2 Å². The van der Waals surface area contributed by atoms with Gasteiger partial charge in [0, 0.05) is 19.7 Å². The minimum Gasteiger partial charge on any atom is -0.380 e. The Kier molecular flexibility index (Phi) is 5.06. The maximum atomic E-state index is 12.2. The molecule has 0 bridgehead atoms. The molecule has 0 fully saturated rings. The number of hydrogen-bond donors (Lipinski definition) is 2. The third kappa shape index (κ3) is 4.23. The molecular weight excluding hydrogens is 328 g/mol. The number of aromatic nitrogens is 2. The second-order valence-electron chi connectivity index (χ2n) is 4.29. The quantitative estimate of drug-likeness (QED) is 0.769. The van der Waals surface area contributed by atoms with Gasteiger partial charge in [-0.15, -0.1) is 10.2 Å². The molecule has 0 atom stereocenters. The Morgan fingerprint density at radius 2 is 2.14 bits per heavy atom. The van der Waals surface area contributed by atoms with E-state index in [1.165, 1.54) is 6.92 Å². The lowest BCUT2D eigenvalue weighted by molar-refractivity contribution is -0.114. The minimum atomic E-state index is -3.86. The van der Waals surface area contributed by atoms with Crippen molar-refractivity contribution < 1.29 is 17.9 Å². The van der Waals surface area contributed by atoms with Crippen LogP contribution in [-0.4, -0.2) is 31.6 Å². The third-order valence-corrected chi connectivity index (χ3v) is 5.00. The van der Waals surface area contributed by atoms with Crippen molar-refractivity contribution in [3.8, 4) is 0 Å². The normalized spacial score (nSPS) is 11.2. The van der Waals surface area contributed by atoms with Gasteiger partial charge in [0.05, 0.1) is 6.61 Å². The second-order valence-corrected chi connectivity index (χ2v) is 7.13. The number of amides is 1. The molecule has 2 rings (SSSR count). The number of sulfonamides is 1. The first kappa shape index (κ1) is 16.3. The molecule has 0 radical (unpaired) electrons. The van der Waals surface area contributed by atoms with Crippen LogP contribution in [0.15, 0.2) is 28.6 Å². The predicted octanol–water partition coefficient (Wildman–Crippen LogP) is 1.44. The molecule has 0 saturated carbocycles. The smallest absolute Gasteiger partial charge is 0.291 e. The van der Waals surface area contributed by atoms with E-state index >= 15 is 0 Å². The topological polar surface area (TPSA) is 110 Å². The van der Waals surface area contributed by atoms with Gasteiger partial charge in [0.1, 0.15) is 0 Å². The van der Waals surface area contributed by atoms with Gasteiger partial charge in [-0.1, -0.05) is 23.5 Å². The molecule has 0 aliphatic rings. The first-order chi connectivity index (χ1) is 10.4. The number of benzene rings is 1. The molecule has 1 aromatic heterocycles. The highest BCUT2D eigenvalue weighted by Gasteiger charge is 2.20. The van der Waals surface area contributed by atoms with Gasteiger partial charge >= 0.3 is 0 Å². The number of ether oxygens (including phenoxy) is 1. The van der Waals surface area contributed by atoms with Crippen LogP contribution in [0, 0.1) is 0 Å². The van der Waals surface area contributed by atoms with E-state index < -0.39 is 10.0 Å². The highest BCUT2D eigenvalue weighted by atomic mass is 32.2. The first-order valence-electron chi connectivity index (χ1n) is 6.12. The van der Waals surface area contributed by atoms with Crippen molar-refractivity contribution in [2.45, 2.75) is 17.9 Å². The number of carbonyl (C=O) groups is 1. The summed E-state index contributed by atoms with van der Waals surface area (Å²) in [6.07, 6.45) is 0. The summed E-state index contributed by atoms with van der Waals surface area (Å²) in [5.74, 6) is -0.347. The highest BCUT2D eigenvalue weighted by molar-refractivity contribution is 7.94. The average molecular weight is 342 g/mol. The summed E-state index contributed by atoms with van der Waals surface area (Å²) in [7, 11) is -2.30. The molecule has 1 amide bonds. The Morgan fingerprint density at radius 1 is 1.36 bits per heavy atom. The zero-order valence-corrected chi connectivity index (χ0v) is 13.5. The Labute approximate surface area is 131 Å². The predicted molar refractivity (Wildman–Crippen MR) is 82.2 cm³/mol. The van der Waals surface area contributed by atoms with Crippen LogP contribution in [0.5, 0.6) is 0 Å². The van der Waals surface area contributed by atoms with Crippen LogP contribution in [0.25, 0.3) is 0 Å². The fourth-order valence-corrected chi connectivity index (χ4v) is 3.61. The molecule has 1 heterocycles. The molecule has 2 aromatic rings. The van der Waals surface area contributed by atoms with Crippen molar-refractivity contribution in [2.24, 2.45) is 0 Å². The minimum absolute atomic E-state index is 0.126. The van der Waals surface area contributed by atoms with Crippen LogP contribution in [0.2, 0.25) is 0 Å². The van der Waals surface area contributed by atoms with Crippen molar-refractivity contribution >= 4 is 38.1 Å². The van der Waals surface area contributed by atoms with Crippen molar-refractivity contribution in [3.05, 3.63) is 29.8 Å². The van der Waals surface area contributed by atoms with Gasteiger partial charge in [-0.25, -0.2) is 0 Å². The van der Waals surface area contributed by atoms with E-state index in [-0.39, 0.29) is 15.4 Å². The molecule has 0 spiro atoms. The summed E-state index contributed by atoms with van der Waals surface area (Å²) in [6, 6.07) is 6.82. The molecule has 0 aliphatic carbocycles. The molecule has 22 heavy (non-hydrogen) atoms. The summed E-state index contributed by atoms with van der Waals surface area (Å²) in [5, 5.41) is 9.69. The maximum absolute atomic E-state index is 12.2. The van der Waals surface area contributed by atoms with Crippen LogP contribution >= 0.6 is 11.3 Å². The van der Waals surface area contributed by atoms with Crippen LogP contribution in [0.4, 0.5) is 10.8 Å². The van der Waals surface area contributed by atoms with Crippen molar-refractivity contribution in [3.63, 3.8) is 0 Å². The molecule has 0 aliphatic heterocycles. The molecule has 0 saturated heterocycles. The van der Waals surface area contributed by atoms with E-state index in [1.807, 2.05) is 6.07 Å². The van der Waals surface area contributed by atoms with E-state index in [0.717, 1.165) is 16.9 Å². The SMILES string of the molecule is COCc1cccc(NS(=O)(=O)c2nnc(NC(C)=O)s2)c1. The molecule has 10 heteroatoms. The lowest BCUT2D eigenvalue weighted by Crippen LogP contribution is -2.12. The Bertz CT molecular complexity index is 773. The average Bonchev–Trinajstić information content (AvgIpc) is 2.87. The van der Waals surface area contributed by atoms with Gasteiger partial charge in [-0.05, 0) is 17.7 Å². The van der Waals surface area contributed by atoms with Gasteiger partial charge in [0.15, 0.2) is 0 Å². The van der Waals surface area contributed by atoms with E-state index in [1.54, 1.807) is 25.3 Å². The largest absolute Gasteiger partial charge is 0.380 e. The molecule has 2 N–H and O–H groups in total. The summed E-state index contributed by atoms with van der Waals surface area (Å²) in [4.78, 5) is 10.9. The Morgan fingerprint density at radius 3 is 2.82 bits per heavy atom. The summed E-state index contributed by atoms with van der Waals surface area (Å²) in [6.45, 7) is 1.68. The third-order valence-electron chi connectivity index (χ3n) is 2.41. The number of nitrogens with one attached hydrogen (secondary N) is 2. The number of carbonyl (C=O) groups excluding carboxylic acids is 1. The molecular formula is C12H14N4O4S2. The van der Waals surface area contributed by atoms with Crippen molar-refractivity contribution in [1.29, 1.82) is 0 Å². The second kappa shape index (κ2) is 6.81. The van der Waals surface area contributed by atoms with E-state index in [9.17, 15) is 13.2 Å². The fourth-order valence-electron chi connectivity index (χ4n) is 1.61. The maximum Gasteiger partial charge on any atom is 0.291 e. The summed E-state index contributed by atoms with van der Waals surface area (Å²) < 4.78 is 31.6. The van der Waals surface area contributed by atoms with Crippen LogP contribution in [0.3, 0.4) is 0 Å². The standard InChI is InChI=1S/C12H14N4O4S2/c1-8(17)13-11-14-15-12(21-11)22(18,19)16-10-5-3-4-9(6-10)7-20-2/h3-6,16H,7H2,1-2H3,(H,13,14,17). The molecule has 8 nitrogen and oxygen atoms in total. The van der Waals surface area contributed by atoms with Gasteiger partial charge in [0.25, 0.3) is 14.4 Å². The van der Waals surface area contributed by atoms with E-state index in [0.29, 0.717) is 12.3 Å². The van der Waals surface area contributed by atoms with Gasteiger partial charge < -0.3 is 10.1 Å². The van der Waals surface area contributed by atoms with E-state index in [4.69, 9.17) is 4.74 Å². The van der Waals surface area contributed by atoms with Crippen LogP contribution in [-0.2, 0) is 26.2 Å². The molecule has 0 unspecified atom stereocenters. The molecule has 118 valence electrons. The number of anilines is 2. The number of hydrogen-bond acceptors (Lipinski definition) is 7. The van der Waals surface area contributed by atoms with Crippen LogP contribution < -0.4 is 10.0 Å². The summed E-state index contributed by atoms with van der Waals surface area (Å²) in [5.41, 5.74) is 1.23.